The van der Waals surface area contributed by atoms with Crippen LogP contribution in [0, 0.1) is 0 Å². The first-order chi connectivity index (χ1) is 7.46. The smallest absolute Gasteiger partial charge is 0.269 e. The largest absolute Gasteiger partial charge is 0.379 e. The molecule has 0 bridgehead atoms. The van der Waals surface area contributed by atoms with Crippen molar-refractivity contribution >= 4 is 5.91 Å². The number of hydrogen-bond acceptors (Lipinski definition) is 3. The molecule has 0 spiro atoms. The lowest BCUT2D eigenvalue weighted by Gasteiger charge is -2.22. The van der Waals surface area contributed by atoms with Crippen LogP contribution in [0.25, 0.3) is 0 Å². The second kappa shape index (κ2) is 5.12. The molecule has 0 saturated carbocycles. The molecule has 16 heavy (non-hydrogen) atoms. The molecule has 0 radical (unpaired) electrons. The van der Waals surface area contributed by atoms with Crippen LogP contribution in [-0.2, 0) is 11.8 Å². The van der Waals surface area contributed by atoms with Gasteiger partial charge in [0.15, 0.2) is 0 Å². The van der Waals surface area contributed by atoms with Crippen molar-refractivity contribution in [3.63, 3.8) is 0 Å². The lowest BCUT2D eigenvalue weighted by Crippen LogP contribution is -2.32. The minimum absolute atomic E-state index is 0.105. The van der Waals surface area contributed by atoms with E-state index < -0.39 is 0 Å². The summed E-state index contributed by atoms with van der Waals surface area (Å²) >= 11 is 0. The number of hydrogen-bond donors (Lipinski definition) is 1. The van der Waals surface area contributed by atoms with Crippen molar-refractivity contribution in [2.75, 3.05) is 13.7 Å². The number of aromatic nitrogens is 2. The first kappa shape index (κ1) is 12.7. The van der Waals surface area contributed by atoms with Crippen molar-refractivity contribution < 1.29 is 9.53 Å². The maximum atomic E-state index is 11.7. The van der Waals surface area contributed by atoms with E-state index in [0.29, 0.717) is 12.2 Å². The normalized spacial score (nSPS) is 11.5. The molecule has 1 heterocycles. The molecule has 1 amide bonds. The predicted octanol–water partition coefficient (Wildman–Crippen LogP) is 0.965. The maximum absolute atomic E-state index is 11.7. The van der Waals surface area contributed by atoms with E-state index in [4.69, 9.17) is 4.74 Å². The second-order valence-electron chi connectivity index (χ2n) is 4.31. The highest BCUT2D eigenvalue weighted by Crippen LogP contribution is 2.11. The average molecular weight is 225 g/mol. The third kappa shape index (κ3) is 3.34. The molecule has 0 aromatic carbocycles. The fourth-order valence-electron chi connectivity index (χ4n) is 1.27. The first-order valence-electron chi connectivity index (χ1n) is 5.27. The van der Waals surface area contributed by atoms with Crippen LogP contribution in [0.15, 0.2) is 12.3 Å². The molecule has 0 aliphatic heterocycles. The van der Waals surface area contributed by atoms with Gasteiger partial charge in [0.1, 0.15) is 5.69 Å². The molecule has 90 valence electrons. The summed E-state index contributed by atoms with van der Waals surface area (Å²) in [6.07, 6.45) is 2.38. The zero-order valence-electron chi connectivity index (χ0n) is 10.3. The second-order valence-corrected chi connectivity index (χ2v) is 4.31. The van der Waals surface area contributed by atoms with E-state index in [0.717, 1.165) is 6.42 Å². The maximum Gasteiger partial charge on any atom is 0.269 e. The van der Waals surface area contributed by atoms with E-state index in [-0.39, 0.29) is 11.5 Å². The van der Waals surface area contributed by atoms with Gasteiger partial charge >= 0.3 is 0 Å². The highest BCUT2D eigenvalue weighted by atomic mass is 16.5. The van der Waals surface area contributed by atoms with Crippen molar-refractivity contribution in [3.05, 3.63) is 18.0 Å². The number of aryl methyl sites for hydroxylation is 1. The third-order valence-electron chi connectivity index (χ3n) is 2.62. The van der Waals surface area contributed by atoms with Crippen LogP contribution in [-0.4, -0.2) is 34.9 Å². The van der Waals surface area contributed by atoms with Crippen molar-refractivity contribution in [3.8, 4) is 0 Å². The number of rotatable bonds is 5. The SMILES string of the molecule is COC(C)(C)CCNC(=O)c1ccnn1C. The zero-order valence-corrected chi connectivity index (χ0v) is 10.3. The van der Waals surface area contributed by atoms with Crippen LogP contribution >= 0.6 is 0 Å². The van der Waals surface area contributed by atoms with Gasteiger partial charge in [-0.2, -0.15) is 5.10 Å². The first-order valence-corrected chi connectivity index (χ1v) is 5.27. The van der Waals surface area contributed by atoms with Gasteiger partial charge in [0, 0.05) is 26.9 Å². The Morgan fingerprint density at radius 1 is 1.62 bits per heavy atom. The summed E-state index contributed by atoms with van der Waals surface area (Å²) in [7, 11) is 3.41. The van der Waals surface area contributed by atoms with Gasteiger partial charge in [0.2, 0.25) is 0 Å². The minimum Gasteiger partial charge on any atom is -0.379 e. The number of nitrogens with one attached hydrogen (secondary N) is 1. The van der Waals surface area contributed by atoms with Gasteiger partial charge in [-0.15, -0.1) is 0 Å². The van der Waals surface area contributed by atoms with Crippen molar-refractivity contribution in [1.82, 2.24) is 15.1 Å². The van der Waals surface area contributed by atoms with E-state index in [2.05, 4.69) is 10.4 Å². The molecule has 0 atom stereocenters. The van der Waals surface area contributed by atoms with Gasteiger partial charge < -0.3 is 10.1 Å². The molecule has 1 rings (SSSR count). The highest BCUT2D eigenvalue weighted by Gasteiger charge is 2.16. The molecular weight excluding hydrogens is 206 g/mol. The van der Waals surface area contributed by atoms with Gasteiger partial charge in [-0.25, -0.2) is 0 Å². The Morgan fingerprint density at radius 3 is 2.81 bits per heavy atom. The van der Waals surface area contributed by atoms with Gasteiger partial charge in [-0.1, -0.05) is 0 Å². The Bertz CT molecular complexity index is 358. The van der Waals surface area contributed by atoms with Crippen molar-refractivity contribution in [1.29, 1.82) is 0 Å². The molecule has 0 saturated heterocycles. The Morgan fingerprint density at radius 2 is 2.31 bits per heavy atom. The number of methoxy groups -OCH3 is 1. The van der Waals surface area contributed by atoms with Crippen LogP contribution in [0.3, 0.4) is 0 Å². The summed E-state index contributed by atoms with van der Waals surface area (Å²) < 4.78 is 6.82. The van der Waals surface area contributed by atoms with Crippen LogP contribution in [0.4, 0.5) is 0 Å². The summed E-state index contributed by atoms with van der Waals surface area (Å²) in [5.74, 6) is -0.105. The van der Waals surface area contributed by atoms with Crippen LogP contribution in [0.1, 0.15) is 30.8 Å². The minimum atomic E-state index is -0.209. The molecule has 5 nitrogen and oxygen atoms in total. The summed E-state index contributed by atoms with van der Waals surface area (Å²) in [6, 6.07) is 1.69. The molecular formula is C11H19N3O2. The van der Waals surface area contributed by atoms with Gasteiger partial charge in [-0.05, 0) is 26.3 Å². The number of amides is 1. The fourth-order valence-corrected chi connectivity index (χ4v) is 1.27. The summed E-state index contributed by atoms with van der Waals surface area (Å²) in [6.45, 7) is 4.57. The number of carbonyl (C=O) groups excluding carboxylic acids is 1. The number of ether oxygens (including phenoxy) is 1. The van der Waals surface area contributed by atoms with Crippen LogP contribution in [0.5, 0.6) is 0 Å². The van der Waals surface area contributed by atoms with Crippen LogP contribution < -0.4 is 5.32 Å². The van der Waals surface area contributed by atoms with E-state index >= 15 is 0 Å². The molecule has 1 aromatic rings. The summed E-state index contributed by atoms with van der Waals surface area (Å²) in [5.41, 5.74) is 0.356. The lowest BCUT2D eigenvalue weighted by molar-refractivity contribution is 0.0160. The Balaban J connectivity index is 2.40. The van der Waals surface area contributed by atoms with E-state index in [1.807, 2.05) is 13.8 Å². The topological polar surface area (TPSA) is 56.1 Å². The number of nitrogens with zero attached hydrogens (tertiary/aromatic N) is 2. The molecule has 0 fully saturated rings. The van der Waals surface area contributed by atoms with Gasteiger partial charge in [-0.3, -0.25) is 9.48 Å². The van der Waals surface area contributed by atoms with E-state index in [1.54, 1.807) is 31.1 Å². The average Bonchev–Trinajstić information content (AvgIpc) is 2.64. The molecule has 0 aliphatic rings. The molecule has 0 unspecified atom stereocenters. The monoisotopic (exact) mass is 225 g/mol. The molecule has 5 heteroatoms. The van der Waals surface area contributed by atoms with E-state index in [1.165, 1.54) is 0 Å². The van der Waals surface area contributed by atoms with E-state index in [9.17, 15) is 4.79 Å². The molecule has 1 aromatic heterocycles. The van der Waals surface area contributed by atoms with Crippen molar-refractivity contribution in [2.24, 2.45) is 7.05 Å². The molecule has 0 aliphatic carbocycles. The zero-order chi connectivity index (χ0) is 12.2. The lowest BCUT2D eigenvalue weighted by atomic mass is 10.1. The van der Waals surface area contributed by atoms with Gasteiger partial charge in [0.05, 0.1) is 5.60 Å². The number of carbonyl (C=O) groups is 1. The molecule has 1 N–H and O–H groups in total. The summed E-state index contributed by atoms with van der Waals surface area (Å²) in [5, 5.41) is 6.78. The quantitative estimate of drug-likeness (QED) is 0.812. The highest BCUT2D eigenvalue weighted by molar-refractivity contribution is 5.92. The van der Waals surface area contributed by atoms with Crippen LogP contribution in [0.2, 0.25) is 0 Å². The predicted molar refractivity (Wildman–Crippen MR) is 61.2 cm³/mol. The standard InChI is InChI=1S/C11H19N3O2/c1-11(2,16-4)6-8-12-10(15)9-5-7-13-14(9)3/h5,7H,6,8H2,1-4H3,(H,12,15). The Labute approximate surface area is 95.8 Å². The summed E-state index contributed by atoms with van der Waals surface area (Å²) in [4.78, 5) is 11.7. The fraction of sp³-hybridized carbons (Fsp3) is 0.636. The third-order valence-corrected chi connectivity index (χ3v) is 2.62. The van der Waals surface area contributed by atoms with Crippen molar-refractivity contribution in [2.45, 2.75) is 25.9 Å². The Hall–Kier alpha value is -1.36. The Kier molecular flexibility index (Phi) is 4.06. The van der Waals surface area contributed by atoms with Gasteiger partial charge in [0.25, 0.3) is 5.91 Å².